The summed E-state index contributed by atoms with van der Waals surface area (Å²) in [6.45, 7) is 5.34. The smallest absolute Gasteiger partial charge is 0.243 e. The molecule has 1 saturated heterocycles. The first kappa shape index (κ1) is 23.4. The molecule has 0 aliphatic carbocycles. The molecule has 2 aliphatic rings. The van der Waals surface area contributed by atoms with E-state index >= 15 is 0 Å². The van der Waals surface area contributed by atoms with Gasteiger partial charge in [-0.25, -0.2) is 8.42 Å². The molecule has 32 heavy (non-hydrogen) atoms. The molecule has 2 aliphatic heterocycles. The Bertz CT molecular complexity index is 1070. The van der Waals surface area contributed by atoms with Gasteiger partial charge in [0.2, 0.25) is 15.9 Å². The van der Waals surface area contributed by atoms with Gasteiger partial charge in [-0.1, -0.05) is 18.5 Å². The van der Waals surface area contributed by atoms with Gasteiger partial charge in [-0.05, 0) is 42.5 Å². The topological polar surface area (TPSA) is 79.0 Å². The average molecular weight is 496 g/mol. The number of anilines is 1. The van der Waals surface area contributed by atoms with Gasteiger partial charge in [0, 0.05) is 54.3 Å². The molecule has 10 heteroatoms. The van der Waals surface area contributed by atoms with Crippen molar-refractivity contribution in [1.82, 2.24) is 9.21 Å². The maximum Gasteiger partial charge on any atom is 0.243 e. The fourth-order valence-electron chi connectivity index (χ4n) is 3.76. The maximum atomic E-state index is 13.2. The van der Waals surface area contributed by atoms with Gasteiger partial charge in [0.25, 0.3) is 0 Å². The average Bonchev–Trinajstić information content (AvgIpc) is 2.91. The van der Waals surface area contributed by atoms with Crippen molar-refractivity contribution in [3.05, 3.63) is 47.5 Å². The number of benzene rings is 2. The van der Waals surface area contributed by atoms with E-state index in [9.17, 15) is 13.2 Å². The number of carbonyl (C=O) groups excluding carboxylic acids is 1. The zero-order valence-corrected chi connectivity index (χ0v) is 20.2. The SMILES string of the molecule is CC1CC(=O)Nc2cc(S(=O)(=O)N3CCN(CCOc4ccc(Cl)cc4)CC3)ccc2S1. The summed E-state index contributed by atoms with van der Waals surface area (Å²) >= 11 is 7.46. The summed E-state index contributed by atoms with van der Waals surface area (Å²) in [5.74, 6) is 0.672. The third-order valence-corrected chi connectivity index (χ3v) is 8.81. The summed E-state index contributed by atoms with van der Waals surface area (Å²) in [5.41, 5.74) is 0.573. The van der Waals surface area contributed by atoms with Crippen LogP contribution in [-0.2, 0) is 14.8 Å². The first-order chi connectivity index (χ1) is 15.3. The highest BCUT2D eigenvalue weighted by molar-refractivity contribution is 8.00. The van der Waals surface area contributed by atoms with Crippen LogP contribution in [0.15, 0.2) is 52.3 Å². The van der Waals surface area contributed by atoms with Crippen LogP contribution in [0, 0.1) is 0 Å². The Morgan fingerprint density at radius 3 is 2.56 bits per heavy atom. The quantitative estimate of drug-likeness (QED) is 0.660. The van der Waals surface area contributed by atoms with Crippen molar-refractivity contribution >= 4 is 45.0 Å². The molecular weight excluding hydrogens is 470 g/mol. The van der Waals surface area contributed by atoms with E-state index in [-0.39, 0.29) is 16.1 Å². The van der Waals surface area contributed by atoms with Crippen LogP contribution in [0.5, 0.6) is 5.75 Å². The van der Waals surface area contributed by atoms with Crippen molar-refractivity contribution in [3.63, 3.8) is 0 Å². The monoisotopic (exact) mass is 495 g/mol. The summed E-state index contributed by atoms with van der Waals surface area (Å²) in [6.07, 6.45) is 0.408. The van der Waals surface area contributed by atoms with Crippen LogP contribution < -0.4 is 10.1 Å². The van der Waals surface area contributed by atoms with Crippen LogP contribution in [0.3, 0.4) is 0 Å². The van der Waals surface area contributed by atoms with Crippen molar-refractivity contribution in [2.75, 3.05) is 44.6 Å². The molecule has 0 bridgehead atoms. The van der Waals surface area contributed by atoms with E-state index in [2.05, 4.69) is 10.2 Å². The third-order valence-electron chi connectivity index (χ3n) is 5.49. The maximum absolute atomic E-state index is 13.2. The Labute approximate surface area is 198 Å². The van der Waals surface area contributed by atoms with E-state index in [0.717, 1.165) is 17.2 Å². The van der Waals surface area contributed by atoms with Gasteiger partial charge in [0.1, 0.15) is 12.4 Å². The highest BCUT2D eigenvalue weighted by Gasteiger charge is 2.30. The van der Waals surface area contributed by atoms with Gasteiger partial charge in [-0.3, -0.25) is 9.69 Å². The van der Waals surface area contributed by atoms with Crippen molar-refractivity contribution in [3.8, 4) is 5.75 Å². The lowest BCUT2D eigenvalue weighted by atomic mass is 10.3. The zero-order chi connectivity index (χ0) is 22.7. The Hall–Kier alpha value is -1.78. The van der Waals surface area contributed by atoms with Crippen molar-refractivity contribution in [1.29, 1.82) is 0 Å². The molecule has 1 atom stereocenters. The number of piperazine rings is 1. The second-order valence-corrected chi connectivity index (χ2v) is 11.7. The predicted octanol–water partition coefficient (Wildman–Crippen LogP) is 3.55. The van der Waals surface area contributed by atoms with Gasteiger partial charge in [0.05, 0.1) is 10.6 Å². The number of rotatable bonds is 6. The minimum absolute atomic E-state index is 0.0901. The molecule has 1 amide bonds. The normalized spacial score (nSPS) is 20.3. The van der Waals surface area contributed by atoms with Crippen molar-refractivity contribution in [2.45, 2.75) is 28.4 Å². The second kappa shape index (κ2) is 10.0. The minimum atomic E-state index is -3.63. The van der Waals surface area contributed by atoms with Gasteiger partial charge in [0.15, 0.2) is 0 Å². The van der Waals surface area contributed by atoms with Crippen LogP contribution >= 0.6 is 23.4 Å². The lowest BCUT2D eigenvalue weighted by molar-refractivity contribution is -0.116. The van der Waals surface area contributed by atoms with Crippen molar-refractivity contribution in [2.24, 2.45) is 0 Å². The molecule has 1 fully saturated rings. The number of sulfonamides is 1. The molecule has 2 aromatic carbocycles. The molecule has 0 saturated carbocycles. The number of nitrogens with zero attached hydrogens (tertiary/aromatic N) is 2. The van der Waals surface area contributed by atoms with E-state index < -0.39 is 10.0 Å². The van der Waals surface area contributed by atoms with Gasteiger partial charge in [-0.15, -0.1) is 11.8 Å². The number of thioether (sulfide) groups is 1. The van der Waals surface area contributed by atoms with Crippen LogP contribution in [0.25, 0.3) is 0 Å². The number of hydrogen-bond donors (Lipinski definition) is 1. The molecule has 0 spiro atoms. The number of carbonyl (C=O) groups is 1. The highest BCUT2D eigenvalue weighted by atomic mass is 35.5. The molecule has 0 radical (unpaired) electrons. The zero-order valence-electron chi connectivity index (χ0n) is 17.8. The second-order valence-electron chi connectivity index (χ2n) is 7.89. The number of halogens is 1. The molecule has 1 N–H and O–H groups in total. The van der Waals surface area contributed by atoms with Gasteiger partial charge < -0.3 is 10.1 Å². The molecule has 2 aromatic rings. The summed E-state index contributed by atoms with van der Waals surface area (Å²) in [5, 5.41) is 3.66. The standard InChI is InChI=1S/C22H26ClN3O4S2/c1-16-14-22(27)24-20-15-19(6-7-21(20)31-16)32(28,29)26-10-8-25(9-11-26)12-13-30-18-4-2-17(23)3-5-18/h2-7,15-16H,8-14H2,1H3,(H,24,27). The summed E-state index contributed by atoms with van der Waals surface area (Å²) in [6, 6.07) is 12.2. The van der Waals surface area contributed by atoms with E-state index in [1.54, 1.807) is 42.1 Å². The largest absolute Gasteiger partial charge is 0.492 e. The lowest BCUT2D eigenvalue weighted by Crippen LogP contribution is -2.49. The summed E-state index contributed by atoms with van der Waals surface area (Å²) in [4.78, 5) is 15.3. The van der Waals surface area contributed by atoms with Gasteiger partial charge >= 0.3 is 0 Å². The molecule has 2 heterocycles. The van der Waals surface area contributed by atoms with Crippen molar-refractivity contribution < 1.29 is 17.9 Å². The highest BCUT2D eigenvalue weighted by Crippen LogP contribution is 2.36. The Balaban J connectivity index is 1.33. The number of amides is 1. The molecule has 0 aromatic heterocycles. The minimum Gasteiger partial charge on any atom is -0.492 e. The van der Waals surface area contributed by atoms with E-state index in [0.29, 0.717) is 49.9 Å². The molecular formula is C22H26ClN3O4S2. The van der Waals surface area contributed by atoms with E-state index in [1.165, 1.54) is 4.31 Å². The van der Waals surface area contributed by atoms with E-state index in [1.807, 2.05) is 19.1 Å². The van der Waals surface area contributed by atoms with Crippen LogP contribution in [0.1, 0.15) is 13.3 Å². The first-order valence-electron chi connectivity index (χ1n) is 10.5. The van der Waals surface area contributed by atoms with Crippen LogP contribution in [0.2, 0.25) is 5.02 Å². The Kier molecular flexibility index (Phi) is 7.31. The molecule has 4 rings (SSSR count). The Morgan fingerprint density at radius 1 is 1.12 bits per heavy atom. The first-order valence-corrected chi connectivity index (χ1v) is 13.2. The van der Waals surface area contributed by atoms with Crippen LogP contribution in [0.4, 0.5) is 5.69 Å². The number of hydrogen-bond acceptors (Lipinski definition) is 6. The lowest BCUT2D eigenvalue weighted by Gasteiger charge is -2.33. The predicted molar refractivity (Wildman–Crippen MR) is 127 cm³/mol. The molecule has 1 unspecified atom stereocenters. The summed E-state index contributed by atoms with van der Waals surface area (Å²) < 4.78 is 33.6. The fraction of sp³-hybridized carbons (Fsp3) is 0.409. The summed E-state index contributed by atoms with van der Waals surface area (Å²) in [7, 11) is -3.63. The van der Waals surface area contributed by atoms with E-state index in [4.69, 9.17) is 16.3 Å². The number of nitrogens with one attached hydrogen (secondary N) is 1. The molecule has 172 valence electrons. The number of ether oxygens (including phenoxy) is 1. The number of fused-ring (bicyclic) bond motifs is 1. The fourth-order valence-corrected chi connectivity index (χ4v) is 6.38. The Morgan fingerprint density at radius 2 is 1.84 bits per heavy atom. The van der Waals surface area contributed by atoms with Crippen LogP contribution in [-0.4, -0.2) is 68.1 Å². The molecule has 7 nitrogen and oxygen atoms in total. The van der Waals surface area contributed by atoms with Gasteiger partial charge in [-0.2, -0.15) is 4.31 Å². The third kappa shape index (κ3) is 5.58.